The van der Waals surface area contributed by atoms with Crippen LogP contribution in [0.5, 0.6) is 0 Å². The number of aromatic nitrogens is 3. The molecule has 0 saturated carbocycles. The van der Waals surface area contributed by atoms with E-state index >= 15 is 0 Å². The van der Waals surface area contributed by atoms with Crippen LogP contribution in [0, 0.1) is 0 Å². The minimum absolute atomic E-state index is 0.157. The number of carboxylic acid groups (broad SMARTS) is 1. The van der Waals surface area contributed by atoms with Crippen LogP contribution in [0.3, 0.4) is 0 Å². The first kappa shape index (κ1) is 9.66. The first-order chi connectivity index (χ1) is 6.11. The molecule has 0 radical (unpaired) electrons. The molecule has 1 rings (SSSR count). The van der Waals surface area contributed by atoms with Crippen molar-refractivity contribution in [1.82, 2.24) is 14.8 Å². The lowest BCUT2D eigenvalue weighted by Crippen LogP contribution is -2.20. The third-order valence-electron chi connectivity index (χ3n) is 1.62. The minimum Gasteiger partial charge on any atom is -0.479 e. The highest BCUT2D eigenvalue weighted by molar-refractivity contribution is 5.71. The van der Waals surface area contributed by atoms with E-state index in [9.17, 15) is 4.79 Å². The standard InChI is InChI=1S/C7H11N3O3/c1-5(7(11)12)13-3-6-9-8-4-10(6)2/h4-5H,3H2,1-2H3,(H,11,12)/t5-/m1/s1. The largest absolute Gasteiger partial charge is 0.479 e. The van der Waals surface area contributed by atoms with Crippen LogP contribution in [0.25, 0.3) is 0 Å². The number of hydrogen-bond donors (Lipinski definition) is 1. The molecule has 1 atom stereocenters. The summed E-state index contributed by atoms with van der Waals surface area (Å²) in [6, 6.07) is 0. The van der Waals surface area contributed by atoms with Crippen LogP contribution in [-0.2, 0) is 23.2 Å². The zero-order valence-corrected chi connectivity index (χ0v) is 7.47. The Morgan fingerprint density at radius 2 is 2.54 bits per heavy atom. The second-order valence-corrected chi connectivity index (χ2v) is 2.65. The van der Waals surface area contributed by atoms with E-state index in [1.807, 2.05) is 0 Å². The Morgan fingerprint density at radius 1 is 1.85 bits per heavy atom. The van der Waals surface area contributed by atoms with E-state index < -0.39 is 12.1 Å². The number of ether oxygens (including phenoxy) is 1. The normalized spacial score (nSPS) is 12.8. The van der Waals surface area contributed by atoms with E-state index in [0.717, 1.165) is 0 Å². The fourth-order valence-electron chi connectivity index (χ4n) is 0.709. The molecule has 0 aliphatic heterocycles. The van der Waals surface area contributed by atoms with E-state index in [1.54, 1.807) is 11.6 Å². The number of nitrogens with zero attached hydrogens (tertiary/aromatic N) is 3. The maximum atomic E-state index is 10.4. The highest BCUT2D eigenvalue weighted by Crippen LogP contribution is 1.98. The number of aliphatic carboxylic acids is 1. The zero-order chi connectivity index (χ0) is 9.84. The average Bonchev–Trinajstić information content (AvgIpc) is 2.47. The van der Waals surface area contributed by atoms with E-state index in [2.05, 4.69) is 10.2 Å². The lowest BCUT2D eigenvalue weighted by molar-refractivity contribution is -0.150. The van der Waals surface area contributed by atoms with Crippen LogP contribution in [0.1, 0.15) is 12.7 Å². The maximum absolute atomic E-state index is 10.4. The monoisotopic (exact) mass is 185 g/mol. The first-order valence-corrected chi connectivity index (χ1v) is 3.78. The molecular weight excluding hydrogens is 174 g/mol. The topological polar surface area (TPSA) is 77.2 Å². The van der Waals surface area contributed by atoms with Gasteiger partial charge in [-0.1, -0.05) is 0 Å². The van der Waals surface area contributed by atoms with Crippen molar-refractivity contribution in [1.29, 1.82) is 0 Å². The smallest absolute Gasteiger partial charge is 0.332 e. The molecule has 1 heterocycles. The van der Waals surface area contributed by atoms with Crippen molar-refractivity contribution < 1.29 is 14.6 Å². The molecule has 0 aliphatic carbocycles. The van der Waals surface area contributed by atoms with Gasteiger partial charge in [-0.3, -0.25) is 0 Å². The summed E-state index contributed by atoms with van der Waals surface area (Å²) in [6.45, 7) is 1.63. The Labute approximate surface area is 75.2 Å². The molecule has 0 fully saturated rings. The molecule has 6 heteroatoms. The molecule has 1 aromatic rings. The predicted molar refractivity (Wildman–Crippen MR) is 42.9 cm³/mol. The van der Waals surface area contributed by atoms with Gasteiger partial charge in [-0.2, -0.15) is 0 Å². The van der Waals surface area contributed by atoms with Gasteiger partial charge in [-0.05, 0) is 6.92 Å². The fraction of sp³-hybridized carbons (Fsp3) is 0.571. The summed E-state index contributed by atoms with van der Waals surface area (Å²) in [6.07, 6.45) is 0.709. The van der Waals surface area contributed by atoms with E-state index in [4.69, 9.17) is 9.84 Å². The molecule has 0 amide bonds. The molecule has 1 N–H and O–H groups in total. The second-order valence-electron chi connectivity index (χ2n) is 2.65. The number of aryl methyl sites for hydroxylation is 1. The van der Waals surface area contributed by atoms with Gasteiger partial charge in [0.25, 0.3) is 0 Å². The van der Waals surface area contributed by atoms with Crippen LogP contribution < -0.4 is 0 Å². The van der Waals surface area contributed by atoms with Gasteiger partial charge in [0.2, 0.25) is 0 Å². The van der Waals surface area contributed by atoms with Gasteiger partial charge in [-0.15, -0.1) is 10.2 Å². The molecule has 6 nitrogen and oxygen atoms in total. The number of carbonyl (C=O) groups is 1. The average molecular weight is 185 g/mol. The van der Waals surface area contributed by atoms with Gasteiger partial charge in [0.05, 0.1) is 0 Å². The van der Waals surface area contributed by atoms with Crippen LogP contribution in [-0.4, -0.2) is 31.9 Å². The van der Waals surface area contributed by atoms with Crippen molar-refractivity contribution in [3.63, 3.8) is 0 Å². The van der Waals surface area contributed by atoms with Crippen LogP contribution >= 0.6 is 0 Å². The quantitative estimate of drug-likeness (QED) is 0.703. The zero-order valence-electron chi connectivity index (χ0n) is 7.47. The van der Waals surface area contributed by atoms with Gasteiger partial charge in [0.1, 0.15) is 12.9 Å². The van der Waals surface area contributed by atoms with Gasteiger partial charge in [-0.25, -0.2) is 4.79 Å². The summed E-state index contributed by atoms with van der Waals surface area (Å²) in [5.41, 5.74) is 0. The highest BCUT2D eigenvalue weighted by Gasteiger charge is 2.12. The molecule has 0 aromatic carbocycles. The van der Waals surface area contributed by atoms with Crippen molar-refractivity contribution in [2.75, 3.05) is 0 Å². The summed E-state index contributed by atoms with van der Waals surface area (Å²) in [7, 11) is 1.77. The lowest BCUT2D eigenvalue weighted by atomic mass is 10.4. The molecule has 72 valence electrons. The van der Waals surface area contributed by atoms with Crippen LogP contribution in [0.15, 0.2) is 6.33 Å². The van der Waals surface area contributed by atoms with Gasteiger partial charge in [0.15, 0.2) is 11.9 Å². The Balaban J connectivity index is 2.44. The second kappa shape index (κ2) is 3.99. The van der Waals surface area contributed by atoms with Crippen molar-refractivity contribution in [2.45, 2.75) is 19.6 Å². The summed E-state index contributed by atoms with van der Waals surface area (Å²) >= 11 is 0. The van der Waals surface area contributed by atoms with Gasteiger partial charge >= 0.3 is 5.97 Å². The third-order valence-corrected chi connectivity index (χ3v) is 1.62. The predicted octanol–water partition coefficient (Wildman–Crippen LogP) is -0.195. The fourth-order valence-corrected chi connectivity index (χ4v) is 0.709. The van der Waals surface area contributed by atoms with Crippen molar-refractivity contribution in [3.8, 4) is 0 Å². The van der Waals surface area contributed by atoms with Gasteiger partial charge in [0, 0.05) is 7.05 Å². The van der Waals surface area contributed by atoms with Crippen LogP contribution in [0.4, 0.5) is 0 Å². The molecule has 0 aliphatic rings. The summed E-state index contributed by atoms with van der Waals surface area (Å²) in [4.78, 5) is 10.4. The highest BCUT2D eigenvalue weighted by atomic mass is 16.5. The third kappa shape index (κ3) is 2.51. The summed E-state index contributed by atoms with van der Waals surface area (Å²) < 4.78 is 6.68. The molecule has 0 spiro atoms. The number of rotatable bonds is 4. The minimum atomic E-state index is -0.984. The molecule has 0 saturated heterocycles. The molecule has 0 bridgehead atoms. The number of carboxylic acids is 1. The maximum Gasteiger partial charge on any atom is 0.332 e. The number of hydrogen-bond acceptors (Lipinski definition) is 4. The van der Waals surface area contributed by atoms with Gasteiger partial charge < -0.3 is 14.4 Å². The first-order valence-electron chi connectivity index (χ1n) is 3.78. The Morgan fingerprint density at radius 3 is 3.00 bits per heavy atom. The summed E-state index contributed by atoms with van der Waals surface area (Å²) in [5.74, 6) is -0.379. The Hall–Kier alpha value is -1.43. The molecule has 0 unspecified atom stereocenters. The molecular formula is C7H11N3O3. The van der Waals surface area contributed by atoms with Crippen molar-refractivity contribution in [3.05, 3.63) is 12.2 Å². The molecule has 1 aromatic heterocycles. The Kier molecular flexibility index (Phi) is 2.97. The summed E-state index contributed by atoms with van der Waals surface area (Å²) in [5, 5.41) is 15.9. The van der Waals surface area contributed by atoms with E-state index in [1.165, 1.54) is 13.3 Å². The van der Waals surface area contributed by atoms with Crippen LogP contribution in [0.2, 0.25) is 0 Å². The van der Waals surface area contributed by atoms with E-state index in [0.29, 0.717) is 5.82 Å². The van der Waals surface area contributed by atoms with Crippen molar-refractivity contribution >= 4 is 5.97 Å². The Bertz CT molecular complexity index is 297. The van der Waals surface area contributed by atoms with Crippen molar-refractivity contribution in [2.24, 2.45) is 7.05 Å². The van der Waals surface area contributed by atoms with E-state index in [-0.39, 0.29) is 6.61 Å². The molecule has 13 heavy (non-hydrogen) atoms. The lowest BCUT2D eigenvalue weighted by Gasteiger charge is -2.06. The SMILES string of the molecule is C[C@@H](OCc1nncn1C)C(=O)O.